The molecule has 0 spiro atoms. The standard InChI is InChI=1S/C52H53NS/c1-31-39-29-32(26-28-36(39)46-41(49(2,3)4)21-16-22-42(46)51(31,8)9)53(33-25-27-35-34-17-12-13-20-40(34)52(10,11)44(35)30-33)45-24-15-19-38-37-18-14-23-43(50(5,6)7)47(37)54-48(38)45/h12-31H,1-11H3/t31-/m0/s1. The third kappa shape index (κ3) is 5.02. The Hall–Kier alpha value is -4.66. The van der Waals surface area contributed by atoms with Crippen LogP contribution in [-0.2, 0) is 21.7 Å². The van der Waals surface area contributed by atoms with Crippen LogP contribution in [0.2, 0.25) is 0 Å². The van der Waals surface area contributed by atoms with Gasteiger partial charge in [-0.05, 0) is 108 Å². The van der Waals surface area contributed by atoms with Crippen molar-refractivity contribution in [2.24, 2.45) is 0 Å². The summed E-state index contributed by atoms with van der Waals surface area (Å²) in [4.78, 5) is 2.57. The van der Waals surface area contributed by atoms with Crippen LogP contribution in [0.1, 0.15) is 115 Å². The second kappa shape index (κ2) is 11.7. The molecule has 54 heavy (non-hydrogen) atoms. The molecule has 2 aliphatic rings. The SMILES string of the molecule is C[C@H]1c2cc(N(c3ccc4c(c3)C(C)(C)c3ccccc3-4)c3cccc4c3sc3c(C(C)(C)C)cccc34)ccc2-c2c(C(C)(C)C)cccc2C1(C)C. The van der Waals surface area contributed by atoms with Crippen LogP contribution < -0.4 is 4.90 Å². The molecule has 0 unspecified atom stereocenters. The largest absolute Gasteiger partial charge is 0.309 e. The molecule has 0 amide bonds. The fourth-order valence-electron chi connectivity index (χ4n) is 9.73. The first-order valence-corrected chi connectivity index (χ1v) is 20.6. The van der Waals surface area contributed by atoms with Crippen molar-refractivity contribution >= 4 is 48.6 Å². The maximum absolute atomic E-state index is 2.57. The quantitative estimate of drug-likeness (QED) is 0.175. The Bertz CT molecular complexity index is 2650. The minimum atomic E-state index is -0.0969. The summed E-state index contributed by atoms with van der Waals surface area (Å²) >= 11 is 1.96. The molecule has 6 aromatic carbocycles. The predicted molar refractivity (Wildman–Crippen MR) is 236 cm³/mol. The Morgan fingerprint density at radius 1 is 0.537 bits per heavy atom. The molecule has 0 aliphatic heterocycles. The van der Waals surface area contributed by atoms with E-state index in [9.17, 15) is 0 Å². The molecule has 272 valence electrons. The number of benzene rings is 6. The highest BCUT2D eigenvalue weighted by atomic mass is 32.1. The summed E-state index contributed by atoms with van der Waals surface area (Å²) in [5.74, 6) is 0.333. The van der Waals surface area contributed by atoms with Crippen LogP contribution in [0, 0.1) is 0 Å². The van der Waals surface area contributed by atoms with Crippen LogP contribution >= 0.6 is 11.3 Å². The molecule has 2 heteroatoms. The van der Waals surface area contributed by atoms with Gasteiger partial charge in [-0.2, -0.15) is 0 Å². The molecule has 0 saturated carbocycles. The van der Waals surface area contributed by atoms with E-state index in [1.54, 1.807) is 0 Å². The maximum Gasteiger partial charge on any atom is 0.0640 e. The molecule has 0 N–H and O–H groups in total. The lowest BCUT2D eigenvalue weighted by atomic mass is 9.61. The van der Waals surface area contributed by atoms with Gasteiger partial charge in [-0.1, -0.05) is 161 Å². The van der Waals surface area contributed by atoms with Crippen molar-refractivity contribution in [3.05, 3.63) is 149 Å². The number of nitrogens with zero attached hydrogens (tertiary/aromatic N) is 1. The number of thiophene rings is 1. The van der Waals surface area contributed by atoms with Gasteiger partial charge in [0.1, 0.15) is 0 Å². The summed E-state index contributed by atoms with van der Waals surface area (Å²) in [6, 6.07) is 44.4. The number of hydrogen-bond donors (Lipinski definition) is 0. The van der Waals surface area contributed by atoms with Gasteiger partial charge >= 0.3 is 0 Å². The van der Waals surface area contributed by atoms with Crippen LogP contribution in [0.3, 0.4) is 0 Å². The van der Waals surface area contributed by atoms with Gasteiger partial charge in [-0.3, -0.25) is 0 Å². The van der Waals surface area contributed by atoms with E-state index in [0.717, 1.165) is 0 Å². The normalized spacial score (nSPS) is 16.9. The molecule has 2 aliphatic carbocycles. The van der Waals surface area contributed by atoms with Crippen LogP contribution in [0.15, 0.2) is 115 Å². The molecule has 0 radical (unpaired) electrons. The van der Waals surface area contributed by atoms with Crippen LogP contribution in [0.25, 0.3) is 42.4 Å². The fourth-order valence-corrected chi connectivity index (χ4v) is 11.3. The van der Waals surface area contributed by atoms with E-state index in [2.05, 4.69) is 196 Å². The molecule has 1 atom stereocenters. The Morgan fingerprint density at radius 2 is 1.11 bits per heavy atom. The lowest BCUT2D eigenvalue weighted by molar-refractivity contribution is 0.429. The Morgan fingerprint density at radius 3 is 1.83 bits per heavy atom. The van der Waals surface area contributed by atoms with Gasteiger partial charge in [-0.15, -0.1) is 11.3 Å². The predicted octanol–water partition coefficient (Wildman–Crippen LogP) is 15.5. The molecule has 0 fully saturated rings. The fraction of sp³-hybridized carbons (Fsp3) is 0.308. The van der Waals surface area contributed by atoms with Crippen molar-refractivity contribution in [1.29, 1.82) is 0 Å². The average molecular weight is 724 g/mol. The first kappa shape index (κ1) is 35.1. The van der Waals surface area contributed by atoms with E-state index in [1.807, 2.05) is 11.3 Å². The van der Waals surface area contributed by atoms with E-state index >= 15 is 0 Å². The molecule has 1 heterocycles. The number of hydrogen-bond acceptors (Lipinski definition) is 2. The van der Waals surface area contributed by atoms with Gasteiger partial charge in [0.05, 0.1) is 10.4 Å². The molecular weight excluding hydrogens is 671 g/mol. The maximum atomic E-state index is 2.57. The second-order valence-corrected chi connectivity index (χ2v) is 20.1. The van der Waals surface area contributed by atoms with Gasteiger partial charge in [0.2, 0.25) is 0 Å². The average Bonchev–Trinajstić information content (AvgIpc) is 3.62. The van der Waals surface area contributed by atoms with Crippen LogP contribution in [0.4, 0.5) is 17.1 Å². The first-order chi connectivity index (χ1) is 25.5. The summed E-state index contributed by atoms with van der Waals surface area (Å²) in [6.07, 6.45) is 0. The molecule has 0 bridgehead atoms. The van der Waals surface area contributed by atoms with Crippen molar-refractivity contribution in [3.63, 3.8) is 0 Å². The lowest BCUT2D eigenvalue weighted by Gasteiger charge is -2.43. The van der Waals surface area contributed by atoms with Crippen LogP contribution in [0.5, 0.6) is 0 Å². The summed E-state index contributed by atoms with van der Waals surface area (Å²) in [6.45, 7) is 26.2. The van der Waals surface area contributed by atoms with E-state index < -0.39 is 0 Å². The highest BCUT2D eigenvalue weighted by Gasteiger charge is 2.40. The third-order valence-electron chi connectivity index (χ3n) is 13.1. The van der Waals surface area contributed by atoms with E-state index in [0.29, 0.717) is 5.92 Å². The van der Waals surface area contributed by atoms with Crippen molar-refractivity contribution < 1.29 is 0 Å². The van der Waals surface area contributed by atoms with Crippen molar-refractivity contribution in [2.75, 3.05) is 4.90 Å². The van der Waals surface area contributed by atoms with Crippen LogP contribution in [-0.4, -0.2) is 0 Å². The number of rotatable bonds is 3. The highest BCUT2D eigenvalue weighted by Crippen LogP contribution is 2.56. The Kier molecular flexibility index (Phi) is 7.58. The second-order valence-electron chi connectivity index (χ2n) is 19.1. The zero-order valence-corrected chi connectivity index (χ0v) is 34.7. The molecule has 1 nitrogen and oxygen atoms in total. The highest BCUT2D eigenvalue weighted by molar-refractivity contribution is 7.26. The van der Waals surface area contributed by atoms with Gasteiger partial charge < -0.3 is 4.90 Å². The molecule has 0 saturated heterocycles. The van der Waals surface area contributed by atoms with Gasteiger partial charge in [0, 0.05) is 32.3 Å². The summed E-state index contributed by atoms with van der Waals surface area (Å²) in [5.41, 5.74) is 17.6. The van der Waals surface area contributed by atoms with E-state index in [1.165, 1.54) is 92.9 Å². The van der Waals surface area contributed by atoms with E-state index in [-0.39, 0.29) is 21.7 Å². The minimum Gasteiger partial charge on any atom is -0.309 e. The topological polar surface area (TPSA) is 3.24 Å². The zero-order chi connectivity index (χ0) is 38.1. The summed E-state index contributed by atoms with van der Waals surface area (Å²) < 4.78 is 2.73. The van der Waals surface area contributed by atoms with E-state index in [4.69, 9.17) is 0 Å². The van der Waals surface area contributed by atoms with Gasteiger partial charge in [-0.25, -0.2) is 0 Å². The Balaban J connectivity index is 1.32. The summed E-state index contributed by atoms with van der Waals surface area (Å²) in [5, 5.41) is 2.68. The summed E-state index contributed by atoms with van der Waals surface area (Å²) in [7, 11) is 0. The van der Waals surface area contributed by atoms with Gasteiger partial charge in [0.15, 0.2) is 0 Å². The monoisotopic (exact) mass is 723 g/mol. The molecular formula is C52H53NS. The number of anilines is 3. The van der Waals surface area contributed by atoms with Gasteiger partial charge in [0.25, 0.3) is 0 Å². The third-order valence-corrected chi connectivity index (χ3v) is 14.3. The van der Waals surface area contributed by atoms with Crippen molar-refractivity contribution in [1.82, 2.24) is 0 Å². The first-order valence-electron chi connectivity index (χ1n) is 19.8. The molecule has 7 aromatic rings. The molecule has 9 rings (SSSR count). The van der Waals surface area contributed by atoms with Crippen molar-refractivity contribution in [2.45, 2.75) is 104 Å². The minimum absolute atomic E-state index is 0.0226. The lowest BCUT2D eigenvalue weighted by Crippen LogP contribution is -2.31. The number of fused-ring (bicyclic) bond motifs is 9. The molecule has 1 aromatic heterocycles. The smallest absolute Gasteiger partial charge is 0.0640 e. The Labute approximate surface area is 326 Å². The van der Waals surface area contributed by atoms with Crippen molar-refractivity contribution in [3.8, 4) is 22.3 Å². The zero-order valence-electron chi connectivity index (χ0n) is 33.9.